The van der Waals surface area contributed by atoms with Crippen molar-refractivity contribution in [2.45, 2.75) is 30.6 Å². The number of nitrogens with one attached hydrogen (secondary N) is 1. The minimum absolute atomic E-state index is 0.0264. The summed E-state index contributed by atoms with van der Waals surface area (Å²) in [5.41, 5.74) is 1.03. The van der Waals surface area contributed by atoms with E-state index in [9.17, 15) is 9.59 Å². The summed E-state index contributed by atoms with van der Waals surface area (Å²) in [6, 6.07) is 5.46. The monoisotopic (exact) mass is 305 g/mol. The lowest BCUT2D eigenvalue weighted by molar-refractivity contribution is -0.140. The second-order valence-electron chi connectivity index (χ2n) is 6.04. The van der Waals surface area contributed by atoms with Gasteiger partial charge in [-0.1, -0.05) is 6.07 Å². The van der Waals surface area contributed by atoms with E-state index >= 15 is 0 Å². The average Bonchev–Trinajstić information content (AvgIpc) is 2.41. The van der Waals surface area contributed by atoms with Crippen LogP contribution in [0.2, 0.25) is 0 Å². The molecule has 21 heavy (non-hydrogen) atoms. The van der Waals surface area contributed by atoms with Crippen molar-refractivity contribution >= 4 is 23.6 Å². The zero-order chi connectivity index (χ0) is 15.0. The molecule has 2 saturated heterocycles. The van der Waals surface area contributed by atoms with Gasteiger partial charge in [-0.25, -0.2) is 0 Å². The van der Waals surface area contributed by atoms with Gasteiger partial charge in [0.2, 0.25) is 11.8 Å². The van der Waals surface area contributed by atoms with E-state index in [1.165, 1.54) is 0 Å². The lowest BCUT2D eigenvalue weighted by Crippen LogP contribution is -2.61. The molecular weight excluding hydrogens is 286 g/mol. The van der Waals surface area contributed by atoms with E-state index in [0.717, 1.165) is 5.69 Å². The van der Waals surface area contributed by atoms with Crippen LogP contribution in [-0.4, -0.2) is 51.3 Å². The smallest absolute Gasteiger partial charge is 0.246 e. The first-order chi connectivity index (χ1) is 9.97. The Kier molecular flexibility index (Phi) is 3.65. The van der Waals surface area contributed by atoms with Crippen LogP contribution in [-0.2, 0) is 9.59 Å². The molecular formula is C15H19N3O2S. The largest absolute Gasteiger partial charge is 0.342 e. The molecule has 0 spiro atoms. The highest BCUT2D eigenvalue weighted by molar-refractivity contribution is 8.01. The van der Waals surface area contributed by atoms with Crippen molar-refractivity contribution in [2.24, 2.45) is 0 Å². The van der Waals surface area contributed by atoms with E-state index in [2.05, 4.69) is 10.3 Å². The molecule has 5 nitrogen and oxygen atoms in total. The van der Waals surface area contributed by atoms with E-state index < -0.39 is 4.75 Å². The van der Waals surface area contributed by atoms with Crippen molar-refractivity contribution in [2.75, 3.05) is 18.8 Å². The number of carbonyl (C=O) groups is 2. The van der Waals surface area contributed by atoms with Crippen LogP contribution in [0.3, 0.4) is 0 Å². The molecule has 0 bridgehead atoms. The predicted molar refractivity (Wildman–Crippen MR) is 82.0 cm³/mol. The Balaban J connectivity index is 1.56. The highest BCUT2D eigenvalue weighted by Gasteiger charge is 2.42. The fourth-order valence-corrected chi connectivity index (χ4v) is 3.55. The van der Waals surface area contributed by atoms with Crippen LogP contribution in [0.1, 0.15) is 25.5 Å². The average molecular weight is 305 g/mol. The van der Waals surface area contributed by atoms with Gasteiger partial charge < -0.3 is 10.2 Å². The predicted octanol–water partition coefficient (Wildman–Crippen LogP) is 1.02. The molecule has 2 amide bonds. The third kappa shape index (κ3) is 2.77. The van der Waals surface area contributed by atoms with Crippen LogP contribution in [0.5, 0.6) is 0 Å². The molecule has 1 N–H and O–H groups in total. The number of aromatic nitrogens is 1. The normalized spacial score (nSPS) is 25.1. The van der Waals surface area contributed by atoms with Crippen LogP contribution in [0, 0.1) is 0 Å². The maximum atomic E-state index is 12.4. The number of pyridine rings is 1. The number of hydrogen-bond acceptors (Lipinski definition) is 4. The van der Waals surface area contributed by atoms with Gasteiger partial charge in [-0.2, -0.15) is 0 Å². The molecule has 2 aliphatic heterocycles. The van der Waals surface area contributed by atoms with E-state index in [0.29, 0.717) is 24.8 Å². The first kappa shape index (κ1) is 14.4. The van der Waals surface area contributed by atoms with Crippen LogP contribution in [0.25, 0.3) is 0 Å². The number of rotatable bonds is 2. The molecule has 1 atom stereocenters. The Bertz CT molecular complexity index is 555. The van der Waals surface area contributed by atoms with Crippen molar-refractivity contribution in [1.29, 1.82) is 0 Å². The Morgan fingerprint density at radius 2 is 2.19 bits per heavy atom. The maximum Gasteiger partial charge on any atom is 0.246 e. The van der Waals surface area contributed by atoms with E-state index in [4.69, 9.17) is 0 Å². The van der Waals surface area contributed by atoms with Crippen LogP contribution >= 0.6 is 11.8 Å². The number of amides is 2. The third-order valence-corrected chi connectivity index (χ3v) is 5.47. The summed E-state index contributed by atoms with van der Waals surface area (Å²) in [5, 5.41) is 2.84. The molecule has 0 aliphatic carbocycles. The van der Waals surface area contributed by atoms with Gasteiger partial charge in [0, 0.05) is 36.7 Å². The van der Waals surface area contributed by atoms with Gasteiger partial charge in [-0.3, -0.25) is 14.6 Å². The summed E-state index contributed by atoms with van der Waals surface area (Å²) in [5.74, 6) is 0.929. The molecule has 2 fully saturated rings. The van der Waals surface area contributed by atoms with Crippen LogP contribution < -0.4 is 5.32 Å². The Hall–Kier alpha value is -1.56. The molecule has 1 aromatic rings. The third-order valence-electron chi connectivity index (χ3n) is 4.06. The van der Waals surface area contributed by atoms with Crippen molar-refractivity contribution < 1.29 is 9.59 Å². The number of likely N-dealkylation sites (tertiary alicyclic amines) is 1. The molecule has 2 aliphatic rings. The van der Waals surface area contributed by atoms with Gasteiger partial charge >= 0.3 is 0 Å². The van der Waals surface area contributed by atoms with Gasteiger partial charge in [0.25, 0.3) is 0 Å². The second kappa shape index (κ2) is 5.33. The maximum absolute atomic E-state index is 12.4. The van der Waals surface area contributed by atoms with Gasteiger partial charge in [0.1, 0.15) is 6.04 Å². The Labute approximate surface area is 128 Å². The zero-order valence-corrected chi connectivity index (χ0v) is 13.0. The molecule has 0 radical (unpaired) electrons. The number of hydrogen-bond donors (Lipinski definition) is 1. The van der Waals surface area contributed by atoms with Crippen molar-refractivity contribution in [3.8, 4) is 0 Å². The summed E-state index contributed by atoms with van der Waals surface area (Å²) in [6.45, 7) is 5.15. The molecule has 0 unspecified atom stereocenters. The molecule has 3 heterocycles. The standard InChI is InChI=1S/C15H19N3O2S/c1-15(2)14(20)17-12(9-21-15)13(19)18-7-10(8-18)11-5-3-4-6-16-11/h3-6,10,12H,7-9H2,1-2H3,(H,17,20)/t12-/m1/s1. The van der Waals surface area contributed by atoms with E-state index in [1.54, 1.807) is 18.0 Å². The highest BCUT2D eigenvalue weighted by Crippen LogP contribution is 2.31. The SMILES string of the molecule is CC1(C)SC[C@H](C(=O)N2CC(c3ccccn3)C2)NC1=O. The van der Waals surface area contributed by atoms with Gasteiger partial charge in [-0.15, -0.1) is 11.8 Å². The number of nitrogens with zero attached hydrogens (tertiary/aromatic N) is 2. The first-order valence-corrected chi connectivity index (χ1v) is 8.10. The second-order valence-corrected chi connectivity index (χ2v) is 7.68. The zero-order valence-electron chi connectivity index (χ0n) is 12.2. The van der Waals surface area contributed by atoms with Crippen LogP contribution in [0.15, 0.2) is 24.4 Å². The van der Waals surface area contributed by atoms with Gasteiger partial charge in [-0.05, 0) is 26.0 Å². The minimum atomic E-state index is -0.442. The minimum Gasteiger partial charge on any atom is -0.342 e. The number of thioether (sulfide) groups is 1. The molecule has 3 rings (SSSR count). The summed E-state index contributed by atoms with van der Waals surface area (Å²) >= 11 is 1.54. The van der Waals surface area contributed by atoms with Crippen molar-refractivity contribution in [3.63, 3.8) is 0 Å². The lowest BCUT2D eigenvalue weighted by Gasteiger charge is -2.42. The van der Waals surface area contributed by atoms with Crippen LogP contribution in [0.4, 0.5) is 0 Å². The Morgan fingerprint density at radius 3 is 2.81 bits per heavy atom. The van der Waals surface area contributed by atoms with E-state index in [-0.39, 0.29) is 17.9 Å². The molecule has 0 aromatic carbocycles. The molecule has 1 aromatic heterocycles. The number of carbonyl (C=O) groups excluding carboxylic acids is 2. The summed E-state index contributed by atoms with van der Waals surface area (Å²) in [7, 11) is 0. The summed E-state index contributed by atoms with van der Waals surface area (Å²) in [6.07, 6.45) is 1.78. The fourth-order valence-electron chi connectivity index (χ4n) is 2.55. The highest BCUT2D eigenvalue weighted by atomic mass is 32.2. The van der Waals surface area contributed by atoms with Crippen molar-refractivity contribution in [3.05, 3.63) is 30.1 Å². The lowest BCUT2D eigenvalue weighted by atomic mass is 9.95. The quantitative estimate of drug-likeness (QED) is 0.886. The molecule has 112 valence electrons. The van der Waals surface area contributed by atoms with Crippen molar-refractivity contribution in [1.82, 2.24) is 15.2 Å². The summed E-state index contributed by atoms with van der Waals surface area (Å²) < 4.78 is -0.442. The summed E-state index contributed by atoms with van der Waals surface area (Å²) in [4.78, 5) is 30.5. The topological polar surface area (TPSA) is 62.3 Å². The molecule has 0 saturated carbocycles. The van der Waals surface area contributed by atoms with Gasteiger partial charge in [0.15, 0.2) is 0 Å². The molecule has 6 heteroatoms. The fraction of sp³-hybridized carbons (Fsp3) is 0.533. The van der Waals surface area contributed by atoms with E-state index in [1.807, 2.05) is 36.9 Å². The van der Waals surface area contributed by atoms with Gasteiger partial charge in [0.05, 0.1) is 4.75 Å². The Morgan fingerprint density at radius 1 is 1.43 bits per heavy atom. The first-order valence-electron chi connectivity index (χ1n) is 7.12.